The van der Waals surface area contributed by atoms with E-state index < -0.39 is 0 Å². The van der Waals surface area contributed by atoms with Crippen LogP contribution in [0.15, 0.2) is 134 Å². The van der Waals surface area contributed by atoms with Gasteiger partial charge in [-0.1, -0.05) is 103 Å². The van der Waals surface area contributed by atoms with Crippen LogP contribution in [0.2, 0.25) is 0 Å². The molecular formula is C38H28N2. The molecule has 0 atom stereocenters. The zero-order valence-corrected chi connectivity index (χ0v) is 22.6. The van der Waals surface area contributed by atoms with Gasteiger partial charge in [0.1, 0.15) is 0 Å². The number of rotatable bonds is 4. The molecule has 2 aromatic heterocycles. The molecule has 190 valence electrons. The van der Waals surface area contributed by atoms with E-state index in [4.69, 9.17) is 0 Å². The van der Waals surface area contributed by atoms with Crippen molar-refractivity contribution in [2.24, 2.45) is 0 Å². The highest BCUT2D eigenvalue weighted by atomic mass is 14.7. The molecule has 0 saturated heterocycles. The summed E-state index contributed by atoms with van der Waals surface area (Å²) in [4.78, 5) is 9.01. The van der Waals surface area contributed by atoms with Gasteiger partial charge >= 0.3 is 0 Å². The fourth-order valence-electron chi connectivity index (χ4n) is 5.71. The number of nitrogens with zero attached hydrogens (tertiary/aromatic N) is 2. The lowest BCUT2D eigenvalue weighted by Crippen LogP contribution is -1.91. The zero-order chi connectivity index (χ0) is 27.1. The molecule has 2 heterocycles. The van der Waals surface area contributed by atoms with Crippen LogP contribution >= 0.6 is 0 Å². The first kappa shape index (κ1) is 24.0. The number of pyridine rings is 2. The Kier molecular flexibility index (Phi) is 5.94. The first-order valence-electron chi connectivity index (χ1n) is 13.7. The van der Waals surface area contributed by atoms with Gasteiger partial charge in [-0.3, -0.25) is 9.97 Å². The number of benzene rings is 5. The van der Waals surface area contributed by atoms with Crippen LogP contribution < -0.4 is 0 Å². The predicted octanol–water partition coefficient (Wildman–Crippen LogP) is 10.1. The average molecular weight is 513 g/mol. The van der Waals surface area contributed by atoms with Crippen LogP contribution in [0.3, 0.4) is 0 Å². The largest absolute Gasteiger partial charge is 0.261 e. The van der Waals surface area contributed by atoms with Gasteiger partial charge in [-0.2, -0.15) is 0 Å². The summed E-state index contributed by atoms with van der Waals surface area (Å²) in [5, 5.41) is 5.01. The normalized spacial score (nSPS) is 11.2. The van der Waals surface area contributed by atoms with E-state index in [1.165, 1.54) is 54.9 Å². The lowest BCUT2D eigenvalue weighted by Gasteiger charge is -2.18. The average Bonchev–Trinajstić information content (AvgIpc) is 3.01. The number of hydrogen-bond donors (Lipinski definition) is 0. The minimum Gasteiger partial charge on any atom is -0.261 e. The molecule has 0 unspecified atom stereocenters. The van der Waals surface area contributed by atoms with Gasteiger partial charge in [-0.25, -0.2) is 0 Å². The number of fused-ring (bicyclic) bond motifs is 2. The van der Waals surface area contributed by atoms with Crippen LogP contribution in [0, 0.1) is 13.8 Å². The molecule has 0 aliphatic carbocycles. The summed E-state index contributed by atoms with van der Waals surface area (Å²) < 4.78 is 0. The van der Waals surface area contributed by atoms with Crippen molar-refractivity contribution in [3.63, 3.8) is 0 Å². The Morgan fingerprint density at radius 2 is 0.775 bits per heavy atom. The summed E-state index contributed by atoms with van der Waals surface area (Å²) in [7, 11) is 0. The van der Waals surface area contributed by atoms with E-state index in [1.807, 2.05) is 26.2 Å². The highest BCUT2D eigenvalue weighted by Gasteiger charge is 2.17. The maximum absolute atomic E-state index is 4.53. The highest BCUT2D eigenvalue weighted by Crippen LogP contribution is 2.44. The molecule has 0 spiro atoms. The molecule has 40 heavy (non-hydrogen) atoms. The Morgan fingerprint density at radius 3 is 1.27 bits per heavy atom. The molecule has 0 aliphatic rings. The van der Waals surface area contributed by atoms with Crippen LogP contribution in [-0.4, -0.2) is 9.97 Å². The van der Waals surface area contributed by atoms with E-state index in [1.54, 1.807) is 0 Å². The van der Waals surface area contributed by atoms with E-state index in [-0.39, 0.29) is 0 Å². The van der Waals surface area contributed by atoms with E-state index in [0.29, 0.717) is 0 Å². The van der Waals surface area contributed by atoms with Crippen molar-refractivity contribution in [3.05, 3.63) is 145 Å². The predicted molar refractivity (Wildman–Crippen MR) is 168 cm³/mol. The fraction of sp³-hybridized carbons (Fsp3) is 0.0526. The van der Waals surface area contributed by atoms with Gasteiger partial charge in [0.15, 0.2) is 0 Å². The second-order valence-corrected chi connectivity index (χ2v) is 10.4. The molecule has 2 nitrogen and oxygen atoms in total. The minimum absolute atomic E-state index is 1.02. The van der Waals surface area contributed by atoms with Crippen molar-refractivity contribution in [1.29, 1.82) is 0 Å². The summed E-state index contributed by atoms with van der Waals surface area (Å²) >= 11 is 0. The summed E-state index contributed by atoms with van der Waals surface area (Å²) in [6.45, 7) is 4.04. The Morgan fingerprint density at radius 1 is 0.350 bits per heavy atom. The third kappa shape index (κ3) is 4.24. The van der Waals surface area contributed by atoms with Crippen molar-refractivity contribution in [1.82, 2.24) is 9.97 Å². The minimum atomic E-state index is 1.02. The monoisotopic (exact) mass is 512 g/mol. The second-order valence-electron chi connectivity index (χ2n) is 10.4. The smallest absolute Gasteiger partial charge is 0.0373 e. The summed E-state index contributed by atoms with van der Waals surface area (Å²) in [6, 6.07) is 43.8. The standard InChI is InChI=1S/C38H28N2/c1-25-14-16-31(23-39-25)27-18-20-28(21-19-27)37-33-10-3-5-12-35(33)38(36-13-6-4-11-34(36)37)30-9-7-8-29(22-30)32-17-15-26(2)40-24-32/h3-24H,1-2H3. The van der Waals surface area contributed by atoms with Gasteiger partial charge in [0, 0.05) is 34.9 Å². The van der Waals surface area contributed by atoms with Gasteiger partial charge in [-0.15, -0.1) is 0 Å². The van der Waals surface area contributed by atoms with E-state index in [0.717, 1.165) is 22.5 Å². The Labute approximate surface area is 234 Å². The van der Waals surface area contributed by atoms with E-state index in [2.05, 4.69) is 131 Å². The van der Waals surface area contributed by atoms with Crippen LogP contribution in [0.4, 0.5) is 0 Å². The van der Waals surface area contributed by atoms with Crippen LogP contribution in [-0.2, 0) is 0 Å². The summed E-state index contributed by atoms with van der Waals surface area (Å²) in [6.07, 6.45) is 3.91. The van der Waals surface area contributed by atoms with E-state index in [9.17, 15) is 0 Å². The third-order valence-corrected chi connectivity index (χ3v) is 7.75. The molecule has 7 aromatic rings. The molecule has 0 fully saturated rings. The molecule has 7 rings (SSSR count). The number of hydrogen-bond acceptors (Lipinski definition) is 2. The molecule has 0 bridgehead atoms. The SMILES string of the molecule is Cc1ccc(-c2ccc(-c3c4ccccc4c(-c4cccc(-c5ccc(C)nc5)c4)c4ccccc34)cc2)cn1. The van der Waals surface area contributed by atoms with Crippen molar-refractivity contribution in [2.45, 2.75) is 13.8 Å². The Hall–Kier alpha value is -5.08. The molecule has 0 N–H and O–H groups in total. The quantitative estimate of drug-likeness (QED) is 0.219. The van der Waals surface area contributed by atoms with Crippen LogP contribution in [0.25, 0.3) is 66.1 Å². The van der Waals surface area contributed by atoms with E-state index >= 15 is 0 Å². The Bertz CT molecular complexity index is 1930. The van der Waals surface area contributed by atoms with Gasteiger partial charge < -0.3 is 0 Å². The summed E-state index contributed by atoms with van der Waals surface area (Å²) in [5.41, 5.74) is 11.6. The highest BCUT2D eigenvalue weighted by molar-refractivity contribution is 6.21. The fourth-order valence-corrected chi connectivity index (χ4v) is 5.71. The van der Waals surface area contributed by atoms with Gasteiger partial charge in [0.2, 0.25) is 0 Å². The molecule has 0 saturated carbocycles. The van der Waals surface area contributed by atoms with Crippen molar-refractivity contribution in [3.8, 4) is 44.5 Å². The summed E-state index contributed by atoms with van der Waals surface area (Å²) in [5.74, 6) is 0. The number of aryl methyl sites for hydroxylation is 2. The first-order chi connectivity index (χ1) is 19.7. The van der Waals surface area contributed by atoms with Gasteiger partial charge in [-0.05, 0) is 87.0 Å². The lowest BCUT2D eigenvalue weighted by atomic mass is 9.85. The Balaban J connectivity index is 1.43. The molecule has 5 aromatic carbocycles. The second kappa shape index (κ2) is 9.91. The lowest BCUT2D eigenvalue weighted by molar-refractivity contribution is 1.20. The topological polar surface area (TPSA) is 25.8 Å². The maximum Gasteiger partial charge on any atom is 0.0373 e. The van der Waals surface area contributed by atoms with Gasteiger partial charge in [0.05, 0.1) is 0 Å². The number of aromatic nitrogens is 2. The molecular weight excluding hydrogens is 484 g/mol. The van der Waals surface area contributed by atoms with Crippen molar-refractivity contribution < 1.29 is 0 Å². The van der Waals surface area contributed by atoms with Crippen molar-refractivity contribution >= 4 is 21.5 Å². The third-order valence-electron chi connectivity index (χ3n) is 7.75. The van der Waals surface area contributed by atoms with Crippen LogP contribution in [0.5, 0.6) is 0 Å². The first-order valence-corrected chi connectivity index (χ1v) is 13.7. The molecule has 0 amide bonds. The maximum atomic E-state index is 4.53. The molecule has 2 heteroatoms. The van der Waals surface area contributed by atoms with Gasteiger partial charge in [0.25, 0.3) is 0 Å². The molecule has 0 radical (unpaired) electrons. The zero-order valence-electron chi connectivity index (χ0n) is 22.6. The van der Waals surface area contributed by atoms with Crippen molar-refractivity contribution in [2.75, 3.05) is 0 Å². The van der Waals surface area contributed by atoms with Crippen LogP contribution in [0.1, 0.15) is 11.4 Å². The molecule has 0 aliphatic heterocycles.